The van der Waals surface area contributed by atoms with E-state index in [0.29, 0.717) is 6.54 Å². The van der Waals surface area contributed by atoms with Gasteiger partial charge in [0.25, 0.3) is 0 Å². The van der Waals surface area contributed by atoms with Crippen molar-refractivity contribution in [1.82, 2.24) is 4.98 Å². The van der Waals surface area contributed by atoms with Crippen LogP contribution in [0.2, 0.25) is 5.02 Å². The second-order valence-electron chi connectivity index (χ2n) is 5.14. The second kappa shape index (κ2) is 6.33. The molecule has 5 heteroatoms. The van der Waals surface area contributed by atoms with Gasteiger partial charge in [-0.3, -0.25) is 4.98 Å². The maximum Gasteiger partial charge on any atom is 0.0639 e. The molecule has 1 aliphatic heterocycles. The van der Waals surface area contributed by atoms with Crippen molar-refractivity contribution in [3.63, 3.8) is 0 Å². The molecule has 1 aliphatic rings. The van der Waals surface area contributed by atoms with E-state index >= 15 is 0 Å². The molecule has 1 saturated heterocycles. The summed E-state index contributed by atoms with van der Waals surface area (Å²) in [7, 11) is 0. The van der Waals surface area contributed by atoms with Crippen LogP contribution in [-0.4, -0.2) is 31.2 Å². The van der Waals surface area contributed by atoms with Crippen LogP contribution in [0, 0.1) is 0 Å². The van der Waals surface area contributed by atoms with Crippen molar-refractivity contribution in [3.8, 4) is 0 Å². The molecule has 0 radical (unpaired) electrons. The number of piperazine rings is 1. The molecule has 0 bridgehead atoms. The van der Waals surface area contributed by atoms with Crippen molar-refractivity contribution >= 4 is 23.0 Å². The lowest BCUT2D eigenvalue weighted by molar-refractivity contribution is 0.653. The summed E-state index contributed by atoms with van der Waals surface area (Å²) in [6.07, 6.45) is 1.83. The zero-order valence-electron chi connectivity index (χ0n) is 11.9. The molecule has 110 valence electrons. The van der Waals surface area contributed by atoms with Crippen LogP contribution in [0.15, 0.2) is 42.6 Å². The summed E-state index contributed by atoms with van der Waals surface area (Å²) in [6, 6.07) is 12.1. The molecule has 4 nitrogen and oxygen atoms in total. The molecule has 2 N–H and O–H groups in total. The Morgan fingerprint density at radius 3 is 2.48 bits per heavy atom. The topological polar surface area (TPSA) is 45.4 Å². The Bertz CT molecular complexity index is 609. The SMILES string of the molecule is NCc1cc(N2CCN(c3ccccc3Cl)CC2)ccn1. The van der Waals surface area contributed by atoms with Crippen molar-refractivity contribution in [3.05, 3.63) is 53.3 Å². The van der Waals surface area contributed by atoms with Crippen LogP contribution >= 0.6 is 11.6 Å². The number of halogens is 1. The van der Waals surface area contributed by atoms with Crippen molar-refractivity contribution in [1.29, 1.82) is 0 Å². The van der Waals surface area contributed by atoms with Gasteiger partial charge in [0.15, 0.2) is 0 Å². The third-order valence-corrected chi connectivity index (χ3v) is 4.17. The van der Waals surface area contributed by atoms with Crippen LogP contribution in [0.25, 0.3) is 0 Å². The maximum absolute atomic E-state index is 6.27. The monoisotopic (exact) mass is 302 g/mol. The molecule has 0 aliphatic carbocycles. The zero-order valence-corrected chi connectivity index (χ0v) is 12.6. The molecule has 2 heterocycles. The molecule has 1 fully saturated rings. The average Bonchev–Trinajstić information content (AvgIpc) is 2.56. The number of para-hydroxylation sites is 1. The number of rotatable bonds is 3. The molecule has 0 atom stereocenters. The average molecular weight is 303 g/mol. The summed E-state index contributed by atoms with van der Waals surface area (Å²) in [5.74, 6) is 0. The van der Waals surface area contributed by atoms with E-state index in [4.69, 9.17) is 17.3 Å². The van der Waals surface area contributed by atoms with Crippen LogP contribution in [0.3, 0.4) is 0 Å². The summed E-state index contributed by atoms with van der Waals surface area (Å²) >= 11 is 6.27. The third kappa shape index (κ3) is 3.12. The van der Waals surface area contributed by atoms with E-state index in [0.717, 1.165) is 42.6 Å². The first kappa shape index (κ1) is 14.2. The van der Waals surface area contributed by atoms with Crippen LogP contribution in [0.4, 0.5) is 11.4 Å². The number of anilines is 2. The predicted octanol–water partition coefficient (Wildman–Crippen LogP) is 2.52. The van der Waals surface area contributed by atoms with Crippen molar-refractivity contribution in [2.75, 3.05) is 36.0 Å². The lowest BCUT2D eigenvalue weighted by atomic mass is 10.2. The molecule has 0 unspecified atom stereocenters. The van der Waals surface area contributed by atoms with Gasteiger partial charge in [0.05, 0.1) is 16.4 Å². The molecule has 2 aromatic rings. The molecule has 0 amide bonds. The molecular formula is C16H19ClN4. The van der Waals surface area contributed by atoms with Gasteiger partial charge in [-0.05, 0) is 24.3 Å². The van der Waals surface area contributed by atoms with Crippen molar-refractivity contribution in [2.24, 2.45) is 5.73 Å². The van der Waals surface area contributed by atoms with E-state index in [1.165, 1.54) is 5.69 Å². The zero-order chi connectivity index (χ0) is 14.7. The smallest absolute Gasteiger partial charge is 0.0639 e. The van der Waals surface area contributed by atoms with Gasteiger partial charge in [-0.25, -0.2) is 0 Å². The summed E-state index contributed by atoms with van der Waals surface area (Å²) in [6.45, 7) is 4.35. The van der Waals surface area contributed by atoms with E-state index in [1.807, 2.05) is 30.5 Å². The highest BCUT2D eigenvalue weighted by Crippen LogP contribution is 2.27. The van der Waals surface area contributed by atoms with Crippen molar-refractivity contribution in [2.45, 2.75) is 6.54 Å². The minimum absolute atomic E-state index is 0.480. The summed E-state index contributed by atoms with van der Waals surface area (Å²) in [5, 5.41) is 0.820. The van der Waals surface area contributed by atoms with Crippen LogP contribution in [-0.2, 0) is 6.54 Å². The lowest BCUT2D eigenvalue weighted by Crippen LogP contribution is -2.46. The first-order chi connectivity index (χ1) is 10.3. The first-order valence-electron chi connectivity index (χ1n) is 7.17. The Morgan fingerprint density at radius 2 is 1.76 bits per heavy atom. The number of benzene rings is 1. The summed E-state index contributed by atoms with van der Waals surface area (Å²) in [4.78, 5) is 8.95. The molecule has 3 rings (SSSR count). The largest absolute Gasteiger partial charge is 0.368 e. The van der Waals surface area contributed by atoms with Crippen LogP contribution < -0.4 is 15.5 Å². The van der Waals surface area contributed by atoms with Gasteiger partial charge in [0.1, 0.15) is 0 Å². The number of nitrogens with two attached hydrogens (primary N) is 1. The highest BCUT2D eigenvalue weighted by atomic mass is 35.5. The normalized spacial score (nSPS) is 15.3. The molecule has 1 aromatic heterocycles. The Hall–Kier alpha value is -1.78. The lowest BCUT2D eigenvalue weighted by Gasteiger charge is -2.37. The van der Waals surface area contributed by atoms with Crippen molar-refractivity contribution < 1.29 is 0 Å². The van der Waals surface area contributed by atoms with Crippen LogP contribution in [0.5, 0.6) is 0 Å². The molecular weight excluding hydrogens is 284 g/mol. The first-order valence-corrected chi connectivity index (χ1v) is 7.55. The fourth-order valence-electron chi connectivity index (χ4n) is 2.69. The molecule has 0 spiro atoms. The van der Waals surface area contributed by atoms with Gasteiger partial charge in [-0.15, -0.1) is 0 Å². The predicted molar refractivity (Wildman–Crippen MR) is 88.0 cm³/mol. The van der Waals surface area contributed by atoms with Gasteiger partial charge in [-0.1, -0.05) is 23.7 Å². The highest BCUT2D eigenvalue weighted by Gasteiger charge is 2.19. The van der Waals surface area contributed by atoms with E-state index in [-0.39, 0.29) is 0 Å². The number of aromatic nitrogens is 1. The van der Waals surface area contributed by atoms with Gasteiger partial charge in [-0.2, -0.15) is 0 Å². The third-order valence-electron chi connectivity index (χ3n) is 3.85. The summed E-state index contributed by atoms with van der Waals surface area (Å²) < 4.78 is 0. The van der Waals surface area contributed by atoms with Gasteiger partial charge in [0.2, 0.25) is 0 Å². The van der Waals surface area contributed by atoms with E-state index in [9.17, 15) is 0 Å². The standard InChI is InChI=1S/C16H19ClN4/c17-15-3-1-2-4-16(15)21-9-7-20(8-10-21)14-5-6-19-13(11-14)12-18/h1-6,11H,7-10,12,18H2. The van der Waals surface area contributed by atoms with Crippen LogP contribution in [0.1, 0.15) is 5.69 Å². The van der Waals surface area contributed by atoms with E-state index < -0.39 is 0 Å². The molecule has 21 heavy (non-hydrogen) atoms. The number of hydrogen-bond acceptors (Lipinski definition) is 4. The van der Waals surface area contributed by atoms with Gasteiger partial charge in [0, 0.05) is 44.6 Å². The Morgan fingerprint density at radius 1 is 1.05 bits per heavy atom. The Labute approximate surface area is 130 Å². The number of nitrogens with zero attached hydrogens (tertiary/aromatic N) is 3. The van der Waals surface area contributed by atoms with Gasteiger partial charge >= 0.3 is 0 Å². The second-order valence-corrected chi connectivity index (χ2v) is 5.54. The summed E-state index contributed by atoms with van der Waals surface area (Å²) in [5.41, 5.74) is 8.91. The fraction of sp³-hybridized carbons (Fsp3) is 0.312. The number of hydrogen-bond donors (Lipinski definition) is 1. The molecule has 1 aromatic carbocycles. The molecule has 0 saturated carbocycles. The van der Waals surface area contributed by atoms with Gasteiger partial charge < -0.3 is 15.5 Å². The minimum atomic E-state index is 0.480. The number of pyridine rings is 1. The quantitative estimate of drug-likeness (QED) is 0.946. The maximum atomic E-state index is 6.27. The minimum Gasteiger partial charge on any atom is -0.368 e. The fourth-order valence-corrected chi connectivity index (χ4v) is 2.94. The Kier molecular flexibility index (Phi) is 4.27. The highest BCUT2D eigenvalue weighted by molar-refractivity contribution is 6.33. The Balaban J connectivity index is 1.69. The van der Waals surface area contributed by atoms with E-state index in [1.54, 1.807) is 0 Å². The van der Waals surface area contributed by atoms with E-state index in [2.05, 4.69) is 26.9 Å².